The molecule has 2 aromatic rings. The Bertz CT molecular complexity index is 790. The molecule has 0 saturated heterocycles. The highest BCUT2D eigenvalue weighted by molar-refractivity contribution is 5.93. The number of benzene rings is 2. The largest absolute Gasteiger partial charge is 0.507 e. The molecule has 0 saturated carbocycles. The van der Waals surface area contributed by atoms with Crippen LogP contribution in [0.3, 0.4) is 0 Å². The van der Waals surface area contributed by atoms with Gasteiger partial charge < -0.3 is 15.3 Å². The Balaban J connectivity index is 1.62. The Kier molecular flexibility index (Phi) is 12.0. The zero-order valence-electron chi connectivity index (χ0n) is 19.4. The van der Waals surface area contributed by atoms with Gasteiger partial charge in [0.25, 0.3) is 5.95 Å². The van der Waals surface area contributed by atoms with E-state index in [9.17, 15) is 15.3 Å². The number of rotatable bonds is 16. The van der Waals surface area contributed by atoms with E-state index >= 15 is 0 Å². The van der Waals surface area contributed by atoms with Crippen LogP contribution in [0, 0.1) is 0 Å². The lowest BCUT2D eigenvalue weighted by Gasteiger charge is -2.12. The van der Waals surface area contributed by atoms with E-state index in [0.717, 1.165) is 23.6 Å². The predicted octanol–water partition coefficient (Wildman–Crippen LogP) is 9.20. The molecule has 0 aromatic heterocycles. The minimum Gasteiger partial charge on any atom is -0.507 e. The fraction of sp³-hybridized carbons (Fsp3) is 0.571. The SMILES string of the molecule is CCCCCCCCCCCCCCCCC(=C(O)O)c1ccc2ccccc2c1O. The zero-order chi connectivity index (χ0) is 22.3. The van der Waals surface area contributed by atoms with Crippen molar-refractivity contribution in [3.63, 3.8) is 0 Å². The number of aromatic hydroxyl groups is 1. The number of aliphatic hydroxyl groups is 2. The van der Waals surface area contributed by atoms with Gasteiger partial charge in [-0.15, -0.1) is 0 Å². The smallest absolute Gasteiger partial charge is 0.278 e. The molecular formula is C28H42O3. The first kappa shape index (κ1) is 25.1. The van der Waals surface area contributed by atoms with E-state index < -0.39 is 5.95 Å². The molecule has 0 fully saturated rings. The third kappa shape index (κ3) is 8.85. The molecule has 0 spiro atoms. The molecule has 3 nitrogen and oxygen atoms in total. The van der Waals surface area contributed by atoms with E-state index in [1.807, 2.05) is 30.3 Å². The summed E-state index contributed by atoms with van der Waals surface area (Å²) in [6.45, 7) is 2.27. The lowest BCUT2D eigenvalue weighted by atomic mass is 9.95. The minimum absolute atomic E-state index is 0.124. The van der Waals surface area contributed by atoms with E-state index in [1.54, 1.807) is 6.07 Å². The van der Waals surface area contributed by atoms with Gasteiger partial charge in [0, 0.05) is 16.5 Å². The maximum atomic E-state index is 10.6. The Morgan fingerprint density at radius 3 is 1.71 bits per heavy atom. The predicted molar refractivity (Wildman–Crippen MR) is 133 cm³/mol. The maximum absolute atomic E-state index is 10.6. The molecule has 3 heteroatoms. The standard InChI is InChI=1S/C28H42O3/c1-2-3-4-5-6-7-8-9-10-11-12-13-14-15-20-26(28(30)31)25-22-21-23-18-16-17-19-24(23)27(25)29/h16-19,21-22,29-31H,2-15,20H2,1H3. The highest BCUT2D eigenvalue weighted by Crippen LogP contribution is 2.36. The molecule has 2 rings (SSSR count). The van der Waals surface area contributed by atoms with Crippen LogP contribution in [0.5, 0.6) is 5.75 Å². The van der Waals surface area contributed by atoms with Crippen molar-refractivity contribution in [2.75, 3.05) is 0 Å². The minimum atomic E-state index is -0.680. The van der Waals surface area contributed by atoms with Crippen molar-refractivity contribution in [1.29, 1.82) is 0 Å². The van der Waals surface area contributed by atoms with Crippen LogP contribution in [-0.4, -0.2) is 15.3 Å². The van der Waals surface area contributed by atoms with Gasteiger partial charge in [0.05, 0.1) is 0 Å². The van der Waals surface area contributed by atoms with Gasteiger partial charge in [-0.2, -0.15) is 0 Å². The van der Waals surface area contributed by atoms with Crippen molar-refractivity contribution in [3.05, 3.63) is 47.9 Å². The summed E-state index contributed by atoms with van der Waals surface area (Å²) in [6, 6.07) is 11.3. The van der Waals surface area contributed by atoms with Gasteiger partial charge in [-0.1, -0.05) is 127 Å². The van der Waals surface area contributed by atoms with Crippen molar-refractivity contribution in [2.45, 2.75) is 103 Å². The summed E-state index contributed by atoms with van der Waals surface area (Å²) >= 11 is 0. The van der Waals surface area contributed by atoms with E-state index in [0.29, 0.717) is 17.6 Å². The van der Waals surface area contributed by atoms with Crippen LogP contribution in [0.2, 0.25) is 0 Å². The molecule has 0 aliphatic carbocycles. The first-order valence-electron chi connectivity index (χ1n) is 12.5. The number of hydrogen-bond acceptors (Lipinski definition) is 3. The third-order valence-corrected chi connectivity index (χ3v) is 6.28. The zero-order valence-corrected chi connectivity index (χ0v) is 19.4. The molecule has 0 unspecified atom stereocenters. The molecule has 31 heavy (non-hydrogen) atoms. The lowest BCUT2D eigenvalue weighted by molar-refractivity contribution is 0.193. The van der Waals surface area contributed by atoms with Crippen molar-refractivity contribution < 1.29 is 15.3 Å². The average Bonchev–Trinajstić information content (AvgIpc) is 2.77. The van der Waals surface area contributed by atoms with Crippen molar-refractivity contribution in [3.8, 4) is 5.75 Å². The van der Waals surface area contributed by atoms with Crippen LogP contribution in [-0.2, 0) is 0 Å². The first-order valence-corrected chi connectivity index (χ1v) is 12.5. The van der Waals surface area contributed by atoms with Crippen LogP contribution in [0.25, 0.3) is 16.3 Å². The quantitative estimate of drug-likeness (QED) is 0.185. The fourth-order valence-corrected chi connectivity index (χ4v) is 4.36. The molecule has 3 N–H and O–H groups in total. The molecule has 0 bridgehead atoms. The van der Waals surface area contributed by atoms with Crippen molar-refractivity contribution in [1.82, 2.24) is 0 Å². The van der Waals surface area contributed by atoms with Gasteiger partial charge >= 0.3 is 0 Å². The number of unbranched alkanes of at least 4 members (excludes halogenated alkanes) is 13. The molecule has 0 heterocycles. The lowest BCUT2D eigenvalue weighted by Crippen LogP contribution is -1.94. The molecule has 0 atom stereocenters. The molecule has 0 aliphatic rings. The highest BCUT2D eigenvalue weighted by Gasteiger charge is 2.14. The van der Waals surface area contributed by atoms with Crippen molar-refractivity contribution in [2.24, 2.45) is 0 Å². The summed E-state index contributed by atoms with van der Waals surface area (Å²) in [5.41, 5.74) is 0.954. The number of aliphatic hydroxyl groups excluding tert-OH is 1. The van der Waals surface area contributed by atoms with E-state index in [1.165, 1.54) is 77.0 Å². The second-order valence-corrected chi connectivity index (χ2v) is 8.83. The second kappa shape index (κ2) is 14.8. The van der Waals surface area contributed by atoms with E-state index in [-0.39, 0.29) is 5.75 Å². The molecule has 0 amide bonds. The number of phenols is 1. The number of hydrogen-bond donors (Lipinski definition) is 3. The van der Waals surface area contributed by atoms with Crippen LogP contribution in [0.15, 0.2) is 42.3 Å². The fourth-order valence-electron chi connectivity index (χ4n) is 4.36. The van der Waals surface area contributed by atoms with Gasteiger partial charge in [0.1, 0.15) is 5.75 Å². The van der Waals surface area contributed by atoms with Crippen LogP contribution in [0.4, 0.5) is 0 Å². The summed E-state index contributed by atoms with van der Waals surface area (Å²) < 4.78 is 0. The summed E-state index contributed by atoms with van der Waals surface area (Å²) in [6.07, 6.45) is 18.7. The molecule has 2 aromatic carbocycles. The summed E-state index contributed by atoms with van der Waals surface area (Å²) in [4.78, 5) is 0. The van der Waals surface area contributed by atoms with Crippen LogP contribution in [0.1, 0.15) is 109 Å². The highest BCUT2D eigenvalue weighted by atomic mass is 16.5. The summed E-state index contributed by atoms with van der Waals surface area (Å²) in [7, 11) is 0. The number of fused-ring (bicyclic) bond motifs is 1. The summed E-state index contributed by atoms with van der Waals surface area (Å²) in [5, 5.41) is 31.9. The van der Waals surface area contributed by atoms with E-state index in [2.05, 4.69) is 6.92 Å². The molecular weight excluding hydrogens is 384 g/mol. The molecule has 172 valence electrons. The Hall–Kier alpha value is -2.16. The third-order valence-electron chi connectivity index (χ3n) is 6.28. The van der Waals surface area contributed by atoms with Gasteiger partial charge in [0.15, 0.2) is 0 Å². The van der Waals surface area contributed by atoms with Gasteiger partial charge in [0.2, 0.25) is 0 Å². The second-order valence-electron chi connectivity index (χ2n) is 8.83. The molecule has 0 radical (unpaired) electrons. The Morgan fingerprint density at radius 1 is 0.645 bits per heavy atom. The van der Waals surface area contributed by atoms with Gasteiger partial charge in [-0.05, 0) is 18.2 Å². The number of allylic oxidation sites excluding steroid dienone is 1. The normalized spacial score (nSPS) is 11.1. The Labute approximate surface area is 188 Å². The number of phenolic OH excluding ortho intramolecular Hbond substituents is 1. The Morgan fingerprint density at radius 2 is 1.16 bits per heavy atom. The first-order chi connectivity index (χ1) is 15.1. The maximum Gasteiger partial charge on any atom is 0.278 e. The topological polar surface area (TPSA) is 60.7 Å². The van der Waals surface area contributed by atoms with Crippen molar-refractivity contribution >= 4 is 16.3 Å². The average molecular weight is 427 g/mol. The van der Waals surface area contributed by atoms with Gasteiger partial charge in [-0.3, -0.25) is 0 Å². The van der Waals surface area contributed by atoms with Crippen LogP contribution >= 0.6 is 0 Å². The van der Waals surface area contributed by atoms with Gasteiger partial charge in [-0.25, -0.2) is 0 Å². The molecule has 0 aliphatic heterocycles. The summed E-state index contributed by atoms with van der Waals surface area (Å²) in [5.74, 6) is -0.556. The monoisotopic (exact) mass is 426 g/mol. The van der Waals surface area contributed by atoms with E-state index in [4.69, 9.17) is 0 Å². The van der Waals surface area contributed by atoms with Crippen LogP contribution < -0.4 is 0 Å².